The summed E-state index contributed by atoms with van der Waals surface area (Å²) in [4.78, 5) is 19.6. The van der Waals surface area contributed by atoms with Gasteiger partial charge in [0.1, 0.15) is 11.5 Å². The van der Waals surface area contributed by atoms with Gasteiger partial charge in [-0.1, -0.05) is 41.9 Å². The zero-order valence-corrected chi connectivity index (χ0v) is 19.8. The Labute approximate surface area is 204 Å². The number of hydrogen-bond donors (Lipinski definition) is 1. The molecule has 2 heterocycles. The molecule has 34 heavy (non-hydrogen) atoms. The average molecular weight is 472 g/mol. The molecule has 3 aromatic carbocycles. The third-order valence-electron chi connectivity index (χ3n) is 6.22. The lowest BCUT2D eigenvalue weighted by atomic mass is 10.1. The standard InChI is InChI=1S/C28H26ClN3O2/c1-19-25(18-32-17-15-21-4-2-3-5-26(21)32)31-28(34-19)23-10-8-22(9-11-23)27(33)30-16-14-20-6-12-24(29)13-7-20/h2-13H,14-18H2,1H3,(H,30,33). The number of oxazole rings is 1. The van der Waals surface area contributed by atoms with E-state index in [9.17, 15) is 4.79 Å². The smallest absolute Gasteiger partial charge is 0.251 e. The van der Waals surface area contributed by atoms with Crippen molar-refractivity contribution in [2.75, 3.05) is 18.0 Å². The number of amides is 1. The second kappa shape index (κ2) is 9.74. The van der Waals surface area contributed by atoms with Crippen LogP contribution in [0.3, 0.4) is 0 Å². The molecule has 4 aromatic rings. The minimum Gasteiger partial charge on any atom is -0.441 e. The Hall–Kier alpha value is -3.57. The summed E-state index contributed by atoms with van der Waals surface area (Å²) in [5.41, 5.74) is 6.19. The van der Waals surface area contributed by atoms with Crippen LogP contribution in [0.15, 0.2) is 77.2 Å². The van der Waals surface area contributed by atoms with E-state index in [0.29, 0.717) is 23.0 Å². The van der Waals surface area contributed by atoms with Crippen molar-refractivity contribution in [3.05, 3.63) is 106 Å². The van der Waals surface area contributed by atoms with Crippen LogP contribution in [0.2, 0.25) is 5.02 Å². The highest BCUT2D eigenvalue weighted by Gasteiger charge is 2.21. The molecule has 0 fully saturated rings. The molecule has 0 aliphatic carbocycles. The summed E-state index contributed by atoms with van der Waals surface area (Å²) >= 11 is 5.92. The number of rotatable bonds is 7. The number of hydrogen-bond acceptors (Lipinski definition) is 4. The van der Waals surface area contributed by atoms with Gasteiger partial charge in [-0.25, -0.2) is 4.98 Å². The number of carbonyl (C=O) groups is 1. The molecule has 1 amide bonds. The van der Waals surface area contributed by atoms with Gasteiger partial charge in [-0.05, 0) is 73.4 Å². The third kappa shape index (κ3) is 4.85. The summed E-state index contributed by atoms with van der Waals surface area (Å²) in [6.07, 6.45) is 1.81. The Bertz CT molecular complexity index is 1300. The summed E-state index contributed by atoms with van der Waals surface area (Å²) < 4.78 is 5.97. The van der Waals surface area contributed by atoms with Gasteiger partial charge >= 0.3 is 0 Å². The lowest BCUT2D eigenvalue weighted by Crippen LogP contribution is -2.25. The van der Waals surface area contributed by atoms with Crippen molar-refractivity contribution in [2.45, 2.75) is 26.3 Å². The first-order chi connectivity index (χ1) is 16.6. The first-order valence-corrected chi connectivity index (χ1v) is 11.9. The highest BCUT2D eigenvalue weighted by atomic mass is 35.5. The molecule has 0 saturated heterocycles. The van der Waals surface area contributed by atoms with Gasteiger partial charge < -0.3 is 14.6 Å². The Balaban J connectivity index is 1.20. The fourth-order valence-electron chi connectivity index (χ4n) is 4.29. The first-order valence-electron chi connectivity index (χ1n) is 11.5. The molecule has 1 N–H and O–H groups in total. The fraction of sp³-hybridized carbons (Fsp3) is 0.214. The molecule has 0 bridgehead atoms. The molecular weight excluding hydrogens is 446 g/mol. The maximum atomic E-state index is 12.5. The van der Waals surface area contributed by atoms with Crippen molar-refractivity contribution < 1.29 is 9.21 Å². The molecule has 1 aliphatic heterocycles. The monoisotopic (exact) mass is 471 g/mol. The number of fused-ring (bicyclic) bond motifs is 1. The van der Waals surface area contributed by atoms with E-state index in [0.717, 1.165) is 48.5 Å². The number of aryl methyl sites for hydroxylation is 1. The van der Waals surface area contributed by atoms with Gasteiger partial charge in [0.2, 0.25) is 5.89 Å². The van der Waals surface area contributed by atoms with Gasteiger partial charge in [0, 0.05) is 34.9 Å². The summed E-state index contributed by atoms with van der Waals surface area (Å²) in [6, 6.07) is 23.6. The number of para-hydroxylation sites is 1. The molecule has 5 rings (SSSR count). The predicted molar refractivity (Wildman–Crippen MR) is 135 cm³/mol. The van der Waals surface area contributed by atoms with E-state index in [1.807, 2.05) is 55.5 Å². The molecule has 0 saturated carbocycles. The van der Waals surface area contributed by atoms with Crippen molar-refractivity contribution >= 4 is 23.2 Å². The van der Waals surface area contributed by atoms with Gasteiger partial charge in [0.15, 0.2) is 0 Å². The van der Waals surface area contributed by atoms with Crippen LogP contribution in [-0.2, 0) is 19.4 Å². The number of benzene rings is 3. The Morgan fingerprint density at radius 2 is 1.82 bits per heavy atom. The summed E-state index contributed by atoms with van der Waals surface area (Å²) in [7, 11) is 0. The Morgan fingerprint density at radius 3 is 2.62 bits per heavy atom. The fourth-order valence-corrected chi connectivity index (χ4v) is 4.41. The van der Waals surface area contributed by atoms with E-state index in [4.69, 9.17) is 21.0 Å². The minimum absolute atomic E-state index is 0.0996. The average Bonchev–Trinajstić information content (AvgIpc) is 3.44. The van der Waals surface area contributed by atoms with Crippen molar-refractivity contribution in [3.63, 3.8) is 0 Å². The van der Waals surface area contributed by atoms with E-state index < -0.39 is 0 Å². The topological polar surface area (TPSA) is 58.4 Å². The Morgan fingerprint density at radius 1 is 1.06 bits per heavy atom. The van der Waals surface area contributed by atoms with E-state index >= 15 is 0 Å². The maximum absolute atomic E-state index is 12.5. The van der Waals surface area contributed by atoms with Crippen LogP contribution in [0, 0.1) is 6.92 Å². The van der Waals surface area contributed by atoms with Gasteiger partial charge in [-0.3, -0.25) is 4.79 Å². The lowest BCUT2D eigenvalue weighted by molar-refractivity contribution is 0.0954. The maximum Gasteiger partial charge on any atom is 0.251 e. The number of anilines is 1. The number of nitrogens with zero attached hydrogens (tertiary/aromatic N) is 2. The second-order valence-electron chi connectivity index (χ2n) is 8.53. The van der Waals surface area contributed by atoms with Gasteiger partial charge in [0.05, 0.1) is 6.54 Å². The van der Waals surface area contributed by atoms with Crippen molar-refractivity contribution in [1.82, 2.24) is 10.3 Å². The Kier molecular flexibility index (Phi) is 6.37. The van der Waals surface area contributed by atoms with Crippen molar-refractivity contribution in [3.8, 4) is 11.5 Å². The number of nitrogens with one attached hydrogen (secondary N) is 1. The quantitative estimate of drug-likeness (QED) is 0.368. The van der Waals surface area contributed by atoms with E-state index in [2.05, 4.69) is 34.5 Å². The molecule has 6 heteroatoms. The molecule has 1 aliphatic rings. The highest BCUT2D eigenvalue weighted by Crippen LogP contribution is 2.30. The minimum atomic E-state index is -0.0996. The van der Waals surface area contributed by atoms with Crippen LogP contribution >= 0.6 is 11.6 Å². The number of aromatic nitrogens is 1. The molecular formula is C28H26ClN3O2. The van der Waals surface area contributed by atoms with Crippen LogP contribution in [0.1, 0.15) is 32.9 Å². The number of halogens is 1. The summed E-state index contributed by atoms with van der Waals surface area (Å²) in [5.74, 6) is 1.30. The highest BCUT2D eigenvalue weighted by molar-refractivity contribution is 6.30. The first kappa shape index (κ1) is 22.2. The molecule has 0 atom stereocenters. The van der Waals surface area contributed by atoms with E-state index in [-0.39, 0.29) is 5.91 Å². The van der Waals surface area contributed by atoms with Crippen molar-refractivity contribution in [2.24, 2.45) is 0 Å². The van der Waals surface area contributed by atoms with Gasteiger partial charge in [-0.2, -0.15) is 0 Å². The van der Waals surface area contributed by atoms with Crippen LogP contribution in [0.4, 0.5) is 5.69 Å². The largest absolute Gasteiger partial charge is 0.441 e. The van der Waals surface area contributed by atoms with Crippen LogP contribution in [0.5, 0.6) is 0 Å². The van der Waals surface area contributed by atoms with E-state index in [1.54, 1.807) is 0 Å². The lowest BCUT2D eigenvalue weighted by Gasteiger charge is -2.17. The third-order valence-corrected chi connectivity index (χ3v) is 6.48. The van der Waals surface area contributed by atoms with Crippen LogP contribution < -0.4 is 10.2 Å². The molecule has 0 spiro atoms. The predicted octanol–water partition coefficient (Wildman–Crippen LogP) is 5.84. The molecule has 0 unspecified atom stereocenters. The van der Waals surface area contributed by atoms with Crippen LogP contribution in [-0.4, -0.2) is 24.0 Å². The molecule has 5 nitrogen and oxygen atoms in total. The molecule has 172 valence electrons. The number of carbonyl (C=O) groups excluding carboxylic acids is 1. The summed E-state index contributed by atoms with van der Waals surface area (Å²) in [6.45, 7) is 4.23. The second-order valence-corrected chi connectivity index (χ2v) is 8.97. The van der Waals surface area contributed by atoms with E-state index in [1.165, 1.54) is 11.3 Å². The molecule has 0 radical (unpaired) electrons. The zero-order valence-electron chi connectivity index (χ0n) is 19.1. The SMILES string of the molecule is Cc1oc(-c2ccc(C(=O)NCCc3ccc(Cl)cc3)cc2)nc1CN1CCc2ccccc21. The van der Waals surface area contributed by atoms with Gasteiger partial charge in [-0.15, -0.1) is 0 Å². The van der Waals surface area contributed by atoms with Crippen LogP contribution in [0.25, 0.3) is 11.5 Å². The normalized spacial score (nSPS) is 12.6. The van der Waals surface area contributed by atoms with Crippen molar-refractivity contribution in [1.29, 1.82) is 0 Å². The zero-order chi connectivity index (χ0) is 23.5. The van der Waals surface area contributed by atoms with Gasteiger partial charge in [0.25, 0.3) is 5.91 Å². The summed E-state index contributed by atoms with van der Waals surface area (Å²) in [5, 5.41) is 3.68. The molecule has 1 aromatic heterocycles.